The number of fused-ring (bicyclic) bond motifs is 1. The second kappa shape index (κ2) is 5.55. The van der Waals surface area contributed by atoms with Gasteiger partial charge in [-0.05, 0) is 20.8 Å². The van der Waals surface area contributed by atoms with Crippen LogP contribution in [0.15, 0.2) is 24.3 Å². The Balaban J connectivity index is 1.89. The van der Waals surface area contributed by atoms with Crippen LogP contribution in [0.1, 0.15) is 36.2 Å². The fourth-order valence-electron chi connectivity index (χ4n) is 3.70. The van der Waals surface area contributed by atoms with Crippen LogP contribution < -0.4 is 5.32 Å². The van der Waals surface area contributed by atoms with Crippen molar-refractivity contribution in [1.29, 1.82) is 0 Å². The van der Waals surface area contributed by atoms with Gasteiger partial charge in [0.1, 0.15) is 0 Å². The molecule has 0 bridgehead atoms. The van der Waals surface area contributed by atoms with Crippen molar-refractivity contribution in [2.24, 2.45) is 0 Å². The van der Waals surface area contributed by atoms with Gasteiger partial charge in [0.05, 0.1) is 6.42 Å². The van der Waals surface area contributed by atoms with Crippen molar-refractivity contribution >= 4 is 23.8 Å². The first kappa shape index (κ1) is 17.9. The van der Waals surface area contributed by atoms with Gasteiger partial charge in [-0.1, -0.05) is 29.8 Å². The summed E-state index contributed by atoms with van der Waals surface area (Å²) in [4.78, 5) is 53.9. The molecule has 3 rings (SSSR count). The highest BCUT2D eigenvalue weighted by atomic mass is 16.2. The third kappa shape index (κ3) is 2.14. The number of nitrogens with zero attached hydrogens (tertiary/aromatic N) is 3. The standard InChI is InChI=1S/C18H22N4O4/c1-11-6-8-12(9-7-11)13(23)10-14(24)22-16(26)21(5)18(3)17(22,2)19-15(25)20(18)4/h6-9H,10H2,1-5H3,(H,19,25)/t17-,18+/m1/s1. The number of benzene rings is 1. The second-order valence-corrected chi connectivity index (χ2v) is 7.12. The zero-order valence-corrected chi connectivity index (χ0v) is 15.5. The van der Waals surface area contributed by atoms with Crippen molar-refractivity contribution < 1.29 is 19.2 Å². The molecule has 26 heavy (non-hydrogen) atoms. The summed E-state index contributed by atoms with van der Waals surface area (Å²) in [6.07, 6.45) is -0.451. The number of ketones is 1. The van der Waals surface area contributed by atoms with Gasteiger partial charge in [-0.3, -0.25) is 9.59 Å². The Morgan fingerprint density at radius 3 is 2.19 bits per heavy atom. The third-order valence-electron chi connectivity index (χ3n) is 5.74. The Morgan fingerprint density at radius 2 is 1.62 bits per heavy atom. The Bertz CT molecular complexity index is 821. The molecular weight excluding hydrogens is 336 g/mol. The van der Waals surface area contributed by atoms with Gasteiger partial charge in [0.2, 0.25) is 5.91 Å². The average Bonchev–Trinajstić information content (AvgIpc) is 2.84. The van der Waals surface area contributed by atoms with E-state index in [2.05, 4.69) is 5.32 Å². The molecule has 2 saturated heterocycles. The van der Waals surface area contributed by atoms with Gasteiger partial charge in [0.25, 0.3) is 0 Å². The Labute approximate surface area is 151 Å². The zero-order valence-electron chi connectivity index (χ0n) is 15.5. The number of carbonyl (C=O) groups excluding carboxylic acids is 4. The van der Waals surface area contributed by atoms with Crippen LogP contribution in [0.2, 0.25) is 0 Å². The maximum absolute atomic E-state index is 12.8. The van der Waals surface area contributed by atoms with Crippen LogP contribution in [0.5, 0.6) is 0 Å². The lowest BCUT2D eigenvalue weighted by molar-refractivity contribution is -0.132. The number of nitrogens with one attached hydrogen (secondary N) is 1. The Kier molecular flexibility index (Phi) is 3.82. The van der Waals surface area contributed by atoms with Gasteiger partial charge < -0.3 is 15.1 Å². The van der Waals surface area contributed by atoms with Crippen molar-refractivity contribution in [3.05, 3.63) is 35.4 Å². The fourth-order valence-corrected chi connectivity index (χ4v) is 3.70. The first-order valence-corrected chi connectivity index (χ1v) is 8.30. The number of aryl methyl sites for hydroxylation is 1. The summed E-state index contributed by atoms with van der Waals surface area (Å²) in [7, 11) is 3.10. The van der Waals surface area contributed by atoms with E-state index >= 15 is 0 Å². The highest BCUT2D eigenvalue weighted by molar-refractivity contribution is 6.12. The lowest BCUT2D eigenvalue weighted by Crippen LogP contribution is -2.64. The van der Waals surface area contributed by atoms with E-state index in [1.54, 1.807) is 45.2 Å². The molecule has 0 aromatic heterocycles. The molecule has 2 aliphatic rings. The molecule has 0 radical (unpaired) electrons. The van der Waals surface area contributed by atoms with Crippen LogP contribution in [0.25, 0.3) is 0 Å². The summed E-state index contributed by atoms with van der Waals surface area (Å²) in [5.74, 6) is -1.02. The molecule has 2 heterocycles. The first-order valence-electron chi connectivity index (χ1n) is 8.30. The number of hydrogen-bond acceptors (Lipinski definition) is 4. The lowest BCUT2D eigenvalue weighted by atomic mass is 9.96. The molecule has 138 valence electrons. The van der Waals surface area contributed by atoms with E-state index < -0.39 is 35.7 Å². The molecule has 2 aliphatic heterocycles. The SMILES string of the molecule is Cc1ccc(C(=O)CC(=O)N2C(=O)N(C)[C@]3(C)N(C)C(=O)N[C@]23C)cc1. The predicted octanol–water partition coefficient (Wildman–Crippen LogP) is 1.55. The number of likely N-dealkylation sites (N-methyl/N-ethyl adjacent to an activating group) is 2. The smallest absolute Gasteiger partial charge is 0.311 e. The number of amides is 5. The van der Waals surface area contributed by atoms with Crippen molar-refractivity contribution in [2.75, 3.05) is 14.1 Å². The summed E-state index contributed by atoms with van der Waals surface area (Å²) < 4.78 is 0. The van der Waals surface area contributed by atoms with Gasteiger partial charge in [-0.2, -0.15) is 0 Å². The number of rotatable bonds is 3. The monoisotopic (exact) mass is 358 g/mol. The maximum atomic E-state index is 12.8. The van der Waals surface area contributed by atoms with Crippen molar-refractivity contribution in [1.82, 2.24) is 20.0 Å². The van der Waals surface area contributed by atoms with Crippen LogP contribution in [-0.4, -0.2) is 63.9 Å². The second-order valence-electron chi connectivity index (χ2n) is 7.12. The van der Waals surface area contributed by atoms with E-state index in [0.717, 1.165) is 10.5 Å². The van der Waals surface area contributed by atoms with Gasteiger partial charge in [0, 0.05) is 19.7 Å². The minimum atomic E-state index is -1.27. The molecule has 1 aromatic carbocycles. The number of Topliss-reactive ketones (excluding diaryl/α,β-unsaturated/α-hetero) is 1. The van der Waals surface area contributed by atoms with E-state index in [0.29, 0.717) is 5.56 Å². The molecule has 0 aliphatic carbocycles. The fraction of sp³-hybridized carbons (Fsp3) is 0.444. The molecule has 1 N–H and O–H groups in total. The number of hydrogen-bond donors (Lipinski definition) is 1. The van der Waals surface area contributed by atoms with Gasteiger partial charge in [0.15, 0.2) is 17.1 Å². The summed E-state index contributed by atoms with van der Waals surface area (Å²) in [6, 6.07) is 5.94. The summed E-state index contributed by atoms with van der Waals surface area (Å²) in [5.41, 5.74) is -0.910. The third-order valence-corrected chi connectivity index (χ3v) is 5.74. The molecule has 2 atom stereocenters. The Morgan fingerprint density at radius 1 is 1.04 bits per heavy atom. The predicted molar refractivity (Wildman–Crippen MR) is 93.2 cm³/mol. The van der Waals surface area contributed by atoms with Crippen LogP contribution >= 0.6 is 0 Å². The molecule has 0 saturated carbocycles. The lowest BCUT2D eigenvalue weighted by Gasteiger charge is -2.40. The molecular formula is C18H22N4O4. The molecule has 0 spiro atoms. The van der Waals surface area contributed by atoms with Crippen LogP contribution in [0, 0.1) is 6.92 Å². The largest absolute Gasteiger partial charge is 0.330 e. The Hall–Kier alpha value is -2.90. The van der Waals surface area contributed by atoms with Crippen LogP contribution in [-0.2, 0) is 4.79 Å². The van der Waals surface area contributed by atoms with Crippen LogP contribution in [0.3, 0.4) is 0 Å². The summed E-state index contributed by atoms with van der Waals surface area (Å²) >= 11 is 0. The van der Waals surface area contributed by atoms with E-state index in [4.69, 9.17) is 0 Å². The highest BCUT2D eigenvalue weighted by Crippen LogP contribution is 2.44. The molecule has 8 nitrogen and oxygen atoms in total. The summed E-state index contributed by atoms with van der Waals surface area (Å²) in [5, 5.41) is 2.71. The maximum Gasteiger partial charge on any atom is 0.330 e. The first-order chi connectivity index (χ1) is 12.0. The normalized spacial score (nSPS) is 27.7. The van der Waals surface area contributed by atoms with Crippen molar-refractivity contribution in [2.45, 2.75) is 38.5 Å². The van der Waals surface area contributed by atoms with Gasteiger partial charge >= 0.3 is 12.1 Å². The van der Waals surface area contributed by atoms with Crippen molar-refractivity contribution in [3.63, 3.8) is 0 Å². The number of imide groups is 1. The minimum Gasteiger partial charge on any atom is -0.311 e. The number of urea groups is 2. The molecule has 0 unspecified atom stereocenters. The van der Waals surface area contributed by atoms with Crippen LogP contribution in [0.4, 0.5) is 9.59 Å². The van der Waals surface area contributed by atoms with E-state index in [9.17, 15) is 19.2 Å². The average molecular weight is 358 g/mol. The minimum absolute atomic E-state index is 0.375. The van der Waals surface area contributed by atoms with Crippen molar-refractivity contribution in [3.8, 4) is 0 Å². The number of carbonyl (C=O) groups is 4. The molecule has 1 aromatic rings. The summed E-state index contributed by atoms with van der Waals surface area (Å²) in [6.45, 7) is 5.22. The molecule has 5 amide bonds. The van der Waals surface area contributed by atoms with Gasteiger partial charge in [-0.15, -0.1) is 0 Å². The quantitative estimate of drug-likeness (QED) is 0.656. The van der Waals surface area contributed by atoms with E-state index in [-0.39, 0.29) is 5.78 Å². The molecule has 8 heteroatoms. The topological polar surface area (TPSA) is 90.0 Å². The van der Waals surface area contributed by atoms with E-state index in [1.807, 2.05) is 6.92 Å². The zero-order chi connectivity index (χ0) is 19.4. The van der Waals surface area contributed by atoms with E-state index in [1.165, 1.54) is 16.8 Å². The van der Waals surface area contributed by atoms with Gasteiger partial charge in [-0.25, -0.2) is 14.5 Å². The molecule has 2 fully saturated rings. The highest BCUT2D eigenvalue weighted by Gasteiger charge is 2.70.